The summed E-state index contributed by atoms with van der Waals surface area (Å²) in [5.41, 5.74) is -0.408. The summed E-state index contributed by atoms with van der Waals surface area (Å²) in [6.07, 6.45) is 5.24. The van der Waals surface area contributed by atoms with Gasteiger partial charge in [0, 0.05) is 4.88 Å². The van der Waals surface area contributed by atoms with Gasteiger partial charge in [-0.05, 0) is 37.8 Å². The summed E-state index contributed by atoms with van der Waals surface area (Å²) in [5, 5.41) is 8.94. The number of hydrogen-bond donors (Lipinski definition) is 1. The van der Waals surface area contributed by atoms with Crippen molar-refractivity contribution >= 4 is 23.3 Å². The predicted molar refractivity (Wildman–Crippen MR) is 77.1 cm³/mol. The van der Waals surface area contributed by atoms with Gasteiger partial charge in [-0.1, -0.05) is 19.8 Å². The van der Waals surface area contributed by atoms with Gasteiger partial charge < -0.3 is 9.84 Å². The molecule has 20 heavy (non-hydrogen) atoms. The Morgan fingerprint density at radius 2 is 2.15 bits per heavy atom. The van der Waals surface area contributed by atoms with E-state index in [1.54, 1.807) is 6.07 Å². The van der Waals surface area contributed by atoms with E-state index in [2.05, 4.69) is 6.92 Å². The first-order valence-electron chi connectivity index (χ1n) is 7.06. The fraction of sp³-hybridized carbons (Fsp3) is 0.600. The first kappa shape index (κ1) is 15.0. The highest BCUT2D eigenvalue weighted by molar-refractivity contribution is 7.13. The Morgan fingerprint density at radius 3 is 2.65 bits per heavy atom. The average molecular weight is 296 g/mol. The number of carbonyl (C=O) groups excluding carboxylic acids is 1. The molecule has 4 nitrogen and oxygen atoms in total. The van der Waals surface area contributed by atoms with Crippen molar-refractivity contribution in [1.82, 2.24) is 0 Å². The fourth-order valence-electron chi connectivity index (χ4n) is 2.44. The van der Waals surface area contributed by atoms with Crippen LogP contribution in [0.5, 0.6) is 0 Å². The Bertz CT molecular complexity index is 488. The highest BCUT2D eigenvalue weighted by Crippen LogP contribution is 2.45. The Labute approximate surface area is 122 Å². The maximum Gasteiger partial charge on any atom is 0.345 e. The lowest BCUT2D eigenvalue weighted by Crippen LogP contribution is -2.41. The van der Waals surface area contributed by atoms with Gasteiger partial charge in [0.25, 0.3) is 0 Å². The maximum atomic E-state index is 12.2. The summed E-state index contributed by atoms with van der Waals surface area (Å²) in [6.45, 7) is 2.55. The van der Waals surface area contributed by atoms with Gasteiger partial charge in [-0.15, -0.1) is 11.3 Å². The van der Waals surface area contributed by atoms with Gasteiger partial charge in [-0.2, -0.15) is 0 Å². The molecule has 0 unspecified atom stereocenters. The lowest BCUT2D eigenvalue weighted by molar-refractivity contribution is -0.161. The summed E-state index contributed by atoms with van der Waals surface area (Å²) in [7, 11) is 0. The molecule has 1 N–H and O–H groups in total. The molecule has 1 aliphatic carbocycles. The van der Waals surface area contributed by atoms with E-state index in [4.69, 9.17) is 9.84 Å². The molecule has 0 saturated heterocycles. The van der Waals surface area contributed by atoms with Gasteiger partial charge >= 0.3 is 11.9 Å². The van der Waals surface area contributed by atoms with E-state index in [1.165, 1.54) is 11.3 Å². The van der Waals surface area contributed by atoms with Crippen LogP contribution in [-0.4, -0.2) is 23.7 Å². The summed E-state index contributed by atoms with van der Waals surface area (Å²) >= 11 is 1.26. The number of carbonyl (C=O) groups is 2. The van der Waals surface area contributed by atoms with Crippen molar-refractivity contribution in [3.8, 4) is 0 Å². The number of unbranched alkanes of at least 4 members (excludes halogenated alkanes) is 1. The molecule has 0 amide bonds. The van der Waals surface area contributed by atoms with Crippen LogP contribution in [0.1, 0.15) is 53.6 Å². The highest BCUT2D eigenvalue weighted by atomic mass is 32.1. The molecule has 1 aliphatic rings. The Morgan fingerprint density at radius 1 is 1.40 bits per heavy atom. The number of ether oxygens (including phenoxy) is 1. The smallest absolute Gasteiger partial charge is 0.345 e. The second-order valence-electron chi connectivity index (χ2n) is 5.37. The lowest BCUT2D eigenvalue weighted by atomic mass is 9.66. The van der Waals surface area contributed by atoms with Crippen LogP contribution in [0.15, 0.2) is 12.1 Å². The SMILES string of the molecule is CCCCOC(=O)C1(Cc2ccc(C(=O)O)s2)CCC1. The van der Waals surface area contributed by atoms with Gasteiger partial charge in [-0.3, -0.25) is 4.79 Å². The third kappa shape index (κ3) is 3.20. The van der Waals surface area contributed by atoms with Crippen molar-refractivity contribution in [2.45, 2.75) is 45.4 Å². The number of thiophene rings is 1. The molecule has 1 aromatic rings. The van der Waals surface area contributed by atoms with Crippen LogP contribution in [0.2, 0.25) is 0 Å². The molecule has 2 rings (SSSR count). The summed E-state index contributed by atoms with van der Waals surface area (Å²) in [6, 6.07) is 3.42. The van der Waals surface area contributed by atoms with Crippen molar-refractivity contribution in [3.63, 3.8) is 0 Å². The van der Waals surface area contributed by atoms with Crippen molar-refractivity contribution < 1.29 is 19.4 Å². The van der Waals surface area contributed by atoms with Crippen molar-refractivity contribution in [3.05, 3.63) is 21.9 Å². The monoisotopic (exact) mass is 296 g/mol. The molecular weight excluding hydrogens is 276 g/mol. The molecule has 1 heterocycles. The Balaban J connectivity index is 1.99. The molecule has 0 radical (unpaired) electrons. The van der Waals surface area contributed by atoms with Gasteiger partial charge in [0.2, 0.25) is 0 Å². The Hall–Kier alpha value is -1.36. The van der Waals surface area contributed by atoms with E-state index >= 15 is 0 Å². The number of carboxylic acid groups (broad SMARTS) is 1. The summed E-state index contributed by atoms with van der Waals surface area (Å²) in [5.74, 6) is -1.02. The first-order valence-corrected chi connectivity index (χ1v) is 7.88. The van der Waals surface area contributed by atoms with Crippen LogP contribution in [0.3, 0.4) is 0 Å². The van der Waals surface area contributed by atoms with Crippen molar-refractivity contribution in [1.29, 1.82) is 0 Å². The van der Waals surface area contributed by atoms with E-state index in [9.17, 15) is 9.59 Å². The second kappa shape index (κ2) is 6.39. The zero-order chi connectivity index (χ0) is 14.6. The van der Waals surface area contributed by atoms with Gasteiger partial charge in [0.05, 0.1) is 12.0 Å². The number of hydrogen-bond acceptors (Lipinski definition) is 4. The van der Waals surface area contributed by atoms with Crippen LogP contribution >= 0.6 is 11.3 Å². The molecular formula is C15H20O4S. The number of esters is 1. The molecule has 1 saturated carbocycles. The molecule has 0 aromatic carbocycles. The molecule has 0 aliphatic heterocycles. The van der Waals surface area contributed by atoms with E-state index < -0.39 is 11.4 Å². The minimum Gasteiger partial charge on any atom is -0.477 e. The molecule has 1 fully saturated rings. The molecule has 0 spiro atoms. The normalized spacial score (nSPS) is 16.4. The van der Waals surface area contributed by atoms with Gasteiger partial charge in [0.15, 0.2) is 0 Å². The number of rotatable bonds is 7. The van der Waals surface area contributed by atoms with E-state index in [0.29, 0.717) is 17.9 Å². The minimum atomic E-state index is -0.908. The number of aromatic carboxylic acids is 1. The van der Waals surface area contributed by atoms with Crippen LogP contribution < -0.4 is 0 Å². The van der Waals surface area contributed by atoms with Crippen LogP contribution in [0.4, 0.5) is 0 Å². The molecule has 5 heteroatoms. The van der Waals surface area contributed by atoms with E-state index in [-0.39, 0.29) is 5.97 Å². The van der Waals surface area contributed by atoms with Crippen LogP contribution in [0.25, 0.3) is 0 Å². The zero-order valence-electron chi connectivity index (χ0n) is 11.7. The minimum absolute atomic E-state index is 0.109. The average Bonchev–Trinajstić information content (AvgIpc) is 2.82. The molecule has 110 valence electrons. The van der Waals surface area contributed by atoms with Gasteiger partial charge in [-0.25, -0.2) is 4.79 Å². The second-order valence-corrected chi connectivity index (χ2v) is 6.54. The summed E-state index contributed by atoms with van der Waals surface area (Å²) < 4.78 is 5.37. The standard InChI is InChI=1S/C15H20O4S/c1-2-3-9-19-14(18)15(7-4-8-15)10-11-5-6-12(20-11)13(16)17/h5-6H,2-4,7-10H2,1H3,(H,16,17). The molecule has 1 aromatic heterocycles. The maximum absolute atomic E-state index is 12.2. The largest absolute Gasteiger partial charge is 0.477 e. The van der Waals surface area contributed by atoms with Crippen molar-refractivity contribution in [2.75, 3.05) is 6.61 Å². The summed E-state index contributed by atoms with van der Waals surface area (Å²) in [4.78, 5) is 24.4. The highest BCUT2D eigenvalue weighted by Gasteiger charge is 2.45. The lowest BCUT2D eigenvalue weighted by Gasteiger charge is -2.39. The van der Waals surface area contributed by atoms with Crippen molar-refractivity contribution in [2.24, 2.45) is 5.41 Å². The van der Waals surface area contributed by atoms with Gasteiger partial charge in [0.1, 0.15) is 4.88 Å². The van der Waals surface area contributed by atoms with E-state index in [0.717, 1.165) is 37.0 Å². The first-order chi connectivity index (χ1) is 9.57. The van der Waals surface area contributed by atoms with Crippen LogP contribution in [0, 0.1) is 5.41 Å². The zero-order valence-corrected chi connectivity index (χ0v) is 12.5. The molecule has 0 atom stereocenters. The molecule has 0 bridgehead atoms. The fourth-order valence-corrected chi connectivity index (χ4v) is 3.43. The number of carboxylic acids is 1. The van der Waals surface area contributed by atoms with E-state index in [1.807, 2.05) is 6.07 Å². The topological polar surface area (TPSA) is 63.6 Å². The van der Waals surface area contributed by atoms with Crippen LogP contribution in [-0.2, 0) is 16.0 Å². The Kier molecular flexibility index (Phi) is 4.81. The third-order valence-electron chi connectivity index (χ3n) is 3.86. The third-order valence-corrected chi connectivity index (χ3v) is 4.93. The predicted octanol–water partition coefficient (Wildman–Crippen LogP) is 3.50. The quantitative estimate of drug-likeness (QED) is 0.618.